The highest BCUT2D eigenvalue weighted by Gasteiger charge is 2.12. The van der Waals surface area contributed by atoms with Gasteiger partial charge in [-0.15, -0.1) is 23.2 Å². The Hall–Kier alpha value is -0.830. The van der Waals surface area contributed by atoms with E-state index in [1.54, 1.807) is 6.07 Å². The average Bonchev–Trinajstić information content (AvgIpc) is 2.44. The van der Waals surface area contributed by atoms with Gasteiger partial charge in [-0.05, 0) is 0 Å². The predicted molar refractivity (Wildman–Crippen MR) is 81.4 cm³/mol. The molecule has 102 valence electrons. The van der Waals surface area contributed by atoms with Crippen LogP contribution in [0.15, 0.2) is 30.3 Å². The third-order valence-electron chi connectivity index (χ3n) is 2.57. The second kappa shape index (κ2) is 7.09. The minimum atomic E-state index is 0.410. The number of halogens is 3. The summed E-state index contributed by atoms with van der Waals surface area (Å²) >= 11 is 17.5. The van der Waals surface area contributed by atoms with Crippen LogP contribution in [0.4, 0.5) is 0 Å². The molecule has 2 aromatic rings. The van der Waals surface area contributed by atoms with E-state index in [0.717, 1.165) is 10.8 Å². The predicted octanol–water partition coefficient (Wildman–Crippen LogP) is 4.73. The zero-order chi connectivity index (χ0) is 13.7. The molecule has 0 aliphatic carbocycles. The molecule has 0 heterocycles. The first-order chi connectivity index (χ1) is 9.27. The van der Waals surface area contributed by atoms with Crippen molar-refractivity contribution in [3.05, 3.63) is 35.4 Å². The molecule has 0 aliphatic heterocycles. The number of rotatable bonds is 6. The lowest BCUT2D eigenvalue weighted by Crippen LogP contribution is -2.02. The standard InChI is InChI=1S/C14H13Cl3O2/c15-5-7-18-13-9-12(17)14(19-8-6-16)11-4-2-1-3-10(11)13/h1-4,9H,5-8H2. The fourth-order valence-corrected chi connectivity index (χ4v) is 2.25. The first-order valence-corrected chi connectivity index (χ1v) is 7.31. The Morgan fingerprint density at radius 2 is 1.53 bits per heavy atom. The van der Waals surface area contributed by atoms with E-state index in [2.05, 4.69) is 0 Å². The monoisotopic (exact) mass is 318 g/mol. The van der Waals surface area contributed by atoms with Crippen molar-refractivity contribution in [2.75, 3.05) is 25.0 Å². The van der Waals surface area contributed by atoms with Gasteiger partial charge in [0.05, 0.1) is 16.8 Å². The van der Waals surface area contributed by atoms with Gasteiger partial charge < -0.3 is 9.47 Å². The second-order valence-electron chi connectivity index (χ2n) is 3.81. The molecule has 2 aromatic carbocycles. The van der Waals surface area contributed by atoms with Gasteiger partial charge in [0.15, 0.2) is 0 Å². The smallest absolute Gasteiger partial charge is 0.146 e. The summed E-state index contributed by atoms with van der Waals surface area (Å²) in [7, 11) is 0. The molecular formula is C14H13Cl3O2. The fraction of sp³-hybridized carbons (Fsp3) is 0.286. The molecule has 0 fully saturated rings. The topological polar surface area (TPSA) is 18.5 Å². The SMILES string of the molecule is ClCCOc1cc(Cl)c(OCCCl)c2ccccc12. The van der Waals surface area contributed by atoms with Crippen molar-refractivity contribution in [2.24, 2.45) is 0 Å². The molecule has 19 heavy (non-hydrogen) atoms. The van der Waals surface area contributed by atoms with Gasteiger partial charge in [0.25, 0.3) is 0 Å². The molecule has 0 aromatic heterocycles. The van der Waals surface area contributed by atoms with Crippen molar-refractivity contribution < 1.29 is 9.47 Å². The molecule has 0 spiro atoms. The molecule has 0 saturated heterocycles. The van der Waals surface area contributed by atoms with E-state index in [1.165, 1.54) is 0 Å². The minimum Gasteiger partial charge on any atom is -0.492 e. The lowest BCUT2D eigenvalue weighted by atomic mass is 10.1. The van der Waals surface area contributed by atoms with Crippen LogP contribution in [-0.4, -0.2) is 25.0 Å². The Kier molecular flexibility index (Phi) is 5.44. The van der Waals surface area contributed by atoms with E-state index in [1.807, 2.05) is 24.3 Å². The lowest BCUT2D eigenvalue weighted by Gasteiger charge is -2.14. The molecule has 0 radical (unpaired) electrons. The third kappa shape index (κ3) is 3.38. The van der Waals surface area contributed by atoms with E-state index in [9.17, 15) is 0 Å². The summed E-state index contributed by atoms with van der Waals surface area (Å²) in [6, 6.07) is 9.52. The number of fused-ring (bicyclic) bond motifs is 1. The molecule has 2 rings (SSSR count). The first kappa shape index (κ1) is 14.6. The summed E-state index contributed by atoms with van der Waals surface area (Å²) in [4.78, 5) is 0. The highest BCUT2D eigenvalue weighted by Crippen LogP contribution is 2.39. The summed E-state index contributed by atoms with van der Waals surface area (Å²) in [5.74, 6) is 2.18. The van der Waals surface area contributed by atoms with Crippen LogP contribution in [0.2, 0.25) is 5.02 Å². The summed E-state index contributed by atoms with van der Waals surface area (Å²) in [5.41, 5.74) is 0. The lowest BCUT2D eigenvalue weighted by molar-refractivity contribution is 0.339. The summed E-state index contributed by atoms with van der Waals surface area (Å²) < 4.78 is 11.2. The Bertz CT molecular complexity index is 558. The quantitative estimate of drug-likeness (QED) is 0.717. The fourth-order valence-electron chi connectivity index (χ4n) is 1.84. The normalized spacial score (nSPS) is 10.7. The summed E-state index contributed by atoms with van der Waals surface area (Å²) in [6.07, 6.45) is 0. The van der Waals surface area contributed by atoms with Gasteiger partial charge in [-0.2, -0.15) is 0 Å². The van der Waals surface area contributed by atoms with Crippen LogP contribution in [-0.2, 0) is 0 Å². The molecule has 0 saturated carbocycles. The zero-order valence-corrected chi connectivity index (χ0v) is 12.4. The van der Waals surface area contributed by atoms with E-state index < -0.39 is 0 Å². The molecule has 0 bridgehead atoms. The Morgan fingerprint density at radius 1 is 0.895 bits per heavy atom. The van der Waals surface area contributed by atoms with Crippen LogP contribution in [0.5, 0.6) is 11.5 Å². The van der Waals surface area contributed by atoms with E-state index >= 15 is 0 Å². The Labute approximate surface area is 127 Å². The van der Waals surface area contributed by atoms with Crippen molar-refractivity contribution in [3.63, 3.8) is 0 Å². The van der Waals surface area contributed by atoms with Crippen molar-refractivity contribution in [3.8, 4) is 11.5 Å². The number of alkyl halides is 2. The third-order valence-corrected chi connectivity index (χ3v) is 3.16. The van der Waals surface area contributed by atoms with Gasteiger partial charge in [0, 0.05) is 16.8 Å². The van der Waals surface area contributed by atoms with Gasteiger partial charge in [-0.3, -0.25) is 0 Å². The van der Waals surface area contributed by atoms with Crippen LogP contribution in [0.25, 0.3) is 10.8 Å². The van der Waals surface area contributed by atoms with Crippen LogP contribution < -0.4 is 9.47 Å². The van der Waals surface area contributed by atoms with Gasteiger partial charge >= 0.3 is 0 Å². The van der Waals surface area contributed by atoms with Crippen molar-refractivity contribution in [2.45, 2.75) is 0 Å². The summed E-state index contributed by atoms with van der Waals surface area (Å²) in [6.45, 7) is 0.844. The maximum absolute atomic E-state index is 6.24. The number of hydrogen-bond donors (Lipinski definition) is 0. The highest BCUT2D eigenvalue weighted by molar-refractivity contribution is 6.33. The second-order valence-corrected chi connectivity index (χ2v) is 4.97. The van der Waals surface area contributed by atoms with Crippen molar-refractivity contribution in [1.82, 2.24) is 0 Å². The van der Waals surface area contributed by atoms with Crippen LogP contribution in [0.1, 0.15) is 0 Å². The number of ether oxygens (including phenoxy) is 2. The highest BCUT2D eigenvalue weighted by atomic mass is 35.5. The Balaban J connectivity index is 2.49. The Morgan fingerprint density at radius 3 is 2.21 bits per heavy atom. The van der Waals surface area contributed by atoms with E-state index in [0.29, 0.717) is 41.5 Å². The van der Waals surface area contributed by atoms with Crippen molar-refractivity contribution >= 4 is 45.6 Å². The minimum absolute atomic E-state index is 0.410. The van der Waals surface area contributed by atoms with Gasteiger partial charge in [-0.25, -0.2) is 0 Å². The maximum atomic E-state index is 6.24. The molecule has 2 nitrogen and oxygen atoms in total. The van der Waals surface area contributed by atoms with Crippen LogP contribution in [0.3, 0.4) is 0 Å². The van der Waals surface area contributed by atoms with E-state index in [-0.39, 0.29) is 0 Å². The van der Waals surface area contributed by atoms with Gasteiger partial charge in [-0.1, -0.05) is 35.9 Å². The average molecular weight is 320 g/mol. The summed E-state index contributed by atoms with van der Waals surface area (Å²) in [5, 5.41) is 2.36. The largest absolute Gasteiger partial charge is 0.492 e. The maximum Gasteiger partial charge on any atom is 0.146 e. The van der Waals surface area contributed by atoms with Gasteiger partial charge in [0.1, 0.15) is 24.7 Å². The van der Waals surface area contributed by atoms with Gasteiger partial charge in [0.2, 0.25) is 0 Å². The zero-order valence-electron chi connectivity index (χ0n) is 10.2. The molecule has 0 N–H and O–H groups in total. The number of benzene rings is 2. The molecule has 0 aliphatic rings. The molecule has 0 unspecified atom stereocenters. The molecule has 0 amide bonds. The molecule has 5 heteroatoms. The van der Waals surface area contributed by atoms with E-state index in [4.69, 9.17) is 44.3 Å². The molecular weight excluding hydrogens is 307 g/mol. The number of hydrogen-bond acceptors (Lipinski definition) is 2. The van der Waals surface area contributed by atoms with Crippen molar-refractivity contribution in [1.29, 1.82) is 0 Å². The molecule has 0 atom stereocenters. The first-order valence-electron chi connectivity index (χ1n) is 5.86. The van der Waals surface area contributed by atoms with Crippen LogP contribution >= 0.6 is 34.8 Å². The van der Waals surface area contributed by atoms with Crippen LogP contribution in [0, 0.1) is 0 Å².